The van der Waals surface area contributed by atoms with Gasteiger partial charge in [-0.1, -0.05) is 29.3 Å². The van der Waals surface area contributed by atoms with Crippen LogP contribution in [0.25, 0.3) is 0 Å². The second-order valence-corrected chi connectivity index (χ2v) is 6.54. The number of nitrogens with two attached hydrogens (primary N) is 1. The van der Waals surface area contributed by atoms with Gasteiger partial charge in [0.2, 0.25) is 0 Å². The highest BCUT2D eigenvalue weighted by molar-refractivity contribution is 7.92. The molecule has 1 heterocycles. The number of anilines is 2. The molecule has 0 aliphatic carbocycles. The molecule has 0 fully saturated rings. The van der Waals surface area contributed by atoms with Crippen molar-refractivity contribution in [1.29, 1.82) is 0 Å². The van der Waals surface area contributed by atoms with Crippen molar-refractivity contribution in [1.82, 2.24) is 4.98 Å². The fraction of sp³-hybridized carbons (Fsp3) is 0.0833. The van der Waals surface area contributed by atoms with E-state index in [4.69, 9.17) is 28.9 Å². The van der Waals surface area contributed by atoms with Gasteiger partial charge in [0, 0.05) is 12.3 Å². The second kappa shape index (κ2) is 5.47. The fourth-order valence-corrected chi connectivity index (χ4v) is 3.23. The second-order valence-electron chi connectivity index (χ2n) is 4.08. The van der Waals surface area contributed by atoms with E-state index in [1.54, 1.807) is 19.1 Å². The Morgan fingerprint density at radius 2 is 1.95 bits per heavy atom. The number of sulfonamides is 1. The molecule has 20 heavy (non-hydrogen) atoms. The van der Waals surface area contributed by atoms with Crippen molar-refractivity contribution in [2.45, 2.75) is 11.8 Å². The lowest BCUT2D eigenvalue weighted by atomic mass is 10.2. The lowest BCUT2D eigenvalue weighted by Gasteiger charge is -2.12. The molecule has 106 valence electrons. The monoisotopic (exact) mass is 331 g/mol. The van der Waals surface area contributed by atoms with Crippen LogP contribution in [-0.2, 0) is 10.0 Å². The lowest BCUT2D eigenvalue weighted by molar-refractivity contribution is 0.601. The Bertz CT molecular complexity index is 763. The topological polar surface area (TPSA) is 85.1 Å². The number of benzene rings is 1. The molecule has 8 heteroatoms. The summed E-state index contributed by atoms with van der Waals surface area (Å²) in [6, 6.07) is 5.85. The molecule has 5 nitrogen and oxygen atoms in total. The van der Waals surface area contributed by atoms with E-state index < -0.39 is 10.0 Å². The minimum atomic E-state index is -3.84. The van der Waals surface area contributed by atoms with Crippen LogP contribution >= 0.6 is 23.2 Å². The predicted octanol–water partition coefficient (Wildman–Crippen LogP) is 3.08. The molecule has 0 atom stereocenters. The number of rotatable bonds is 3. The maximum absolute atomic E-state index is 12.3. The van der Waals surface area contributed by atoms with Crippen molar-refractivity contribution in [2.75, 3.05) is 10.5 Å². The van der Waals surface area contributed by atoms with Crippen LogP contribution in [-0.4, -0.2) is 13.4 Å². The molecule has 1 aromatic heterocycles. The molecule has 0 radical (unpaired) electrons. The van der Waals surface area contributed by atoms with Gasteiger partial charge in [-0.25, -0.2) is 13.4 Å². The first-order valence-corrected chi connectivity index (χ1v) is 7.74. The van der Waals surface area contributed by atoms with E-state index in [-0.39, 0.29) is 26.4 Å². The van der Waals surface area contributed by atoms with Crippen molar-refractivity contribution >= 4 is 44.7 Å². The molecule has 1 aromatic carbocycles. The number of nitrogen functional groups attached to an aromatic ring is 1. The largest absolute Gasteiger partial charge is 0.384 e. The molecule has 0 amide bonds. The molecule has 0 spiro atoms. The number of aromatic nitrogens is 1. The predicted molar refractivity (Wildman–Crippen MR) is 80.7 cm³/mol. The van der Waals surface area contributed by atoms with Crippen LogP contribution in [0.4, 0.5) is 11.5 Å². The van der Waals surface area contributed by atoms with E-state index in [1.165, 1.54) is 18.3 Å². The van der Waals surface area contributed by atoms with Gasteiger partial charge in [-0.3, -0.25) is 4.72 Å². The van der Waals surface area contributed by atoms with Gasteiger partial charge in [0.15, 0.2) is 0 Å². The number of hydrogen-bond acceptors (Lipinski definition) is 4. The summed E-state index contributed by atoms with van der Waals surface area (Å²) in [6.07, 6.45) is 1.31. The van der Waals surface area contributed by atoms with Gasteiger partial charge >= 0.3 is 0 Å². The van der Waals surface area contributed by atoms with E-state index in [0.717, 1.165) is 0 Å². The normalized spacial score (nSPS) is 11.3. The van der Waals surface area contributed by atoms with Gasteiger partial charge < -0.3 is 5.73 Å². The van der Waals surface area contributed by atoms with Crippen molar-refractivity contribution in [3.63, 3.8) is 0 Å². The third-order valence-corrected chi connectivity index (χ3v) is 4.73. The summed E-state index contributed by atoms with van der Waals surface area (Å²) >= 11 is 12.1. The van der Waals surface area contributed by atoms with Gasteiger partial charge in [-0.15, -0.1) is 0 Å². The lowest BCUT2D eigenvalue weighted by Crippen LogP contribution is -2.14. The Morgan fingerprint density at radius 1 is 1.25 bits per heavy atom. The van der Waals surface area contributed by atoms with Crippen LogP contribution in [0.2, 0.25) is 10.0 Å². The average Bonchev–Trinajstić information content (AvgIpc) is 2.39. The maximum Gasteiger partial charge on any atom is 0.262 e. The fourth-order valence-electron chi connectivity index (χ4n) is 1.54. The number of pyridine rings is 1. The standard InChI is InChI=1S/C12H11Cl2N3O2S/c1-7-2-3-9(13)12(11(7)14)17-20(18,19)8-4-5-16-10(15)6-8/h2-6,17H,1H3,(H2,15,16). The van der Waals surface area contributed by atoms with E-state index in [0.29, 0.717) is 5.56 Å². The minimum Gasteiger partial charge on any atom is -0.384 e. The number of hydrogen-bond donors (Lipinski definition) is 2. The smallest absolute Gasteiger partial charge is 0.262 e. The van der Waals surface area contributed by atoms with Crippen molar-refractivity contribution < 1.29 is 8.42 Å². The van der Waals surface area contributed by atoms with Crippen LogP contribution in [0.5, 0.6) is 0 Å². The molecule has 2 rings (SSSR count). The zero-order valence-corrected chi connectivity index (χ0v) is 12.7. The Morgan fingerprint density at radius 3 is 2.60 bits per heavy atom. The summed E-state index contributed by atoms with van der Waals surface area (Å²) in [5.74, 6) is 0.106. The SMILES string of the molecule is Cc1ccc(Cl)c(NS(=O)(=O)c2ccnc(N)c2)c1Cl. The molecule has 0 saturated heterocycles. The van der Waals surface area contributed by atoms with Gasteiger partial charge in [0.1, 0.15) is 5.82 Å². The van der Waals surface area contributed by atoms with E-state index in [2.05, 4.69) is 9.71 Å². The Hall–Kier alpha value is -1.50. The first-order valence-electron chi connectivity index (χ1n) is 5.50. The number of nitrogens with zero attached hydrogens (tertiary/aromatic N) is 1. The zero-order valence-electron chi connectivity index (χ0n) is 10.4. The number of aryl methyl sites for hydroxylation is 1. The summed E-state index contributed by atoms with van der Waals surface area (Å²) in [6.45, 7) is 1.75. The Kier molecular flexibility index (Phi) is 4.08. The molecule has 0 aliphatic heterocycles. The minimum absolute atomic E-state index is 0.0151. The van der Waals surface area contributed by atoms with Gasteiger partial charge in [-0.2, -0.15) is 0 Å². The summed E-state index contributed by atoms with van der Waals surface area (Å²) in [7, 11) is -3.84. The van der Waals surface area contributed by atoms with E-state index in [9.17, 15) is 8.42 Å². The van der Waals surface area contributed by atoms with E-state index >= 15 is 0 Å². The van der Waals surface area contributed by atoms with Crippen LogP contribution < -0.4 is 10.5 Å². The van der Waals surface area contributed by atoms with Gasteiger partial charge in [0.25, 0.3) is 10.0 Å². The van der Waals surface area contributed by atoms with Crippen molar-refractivity contribution in [3.05, 3.63) is 46.1 Å². The first-order chi connectivity index (χ1) is 9.31. The maximum atomic E-state index is 12.3. The summed E-state index contributed by atoms with van der Waals surface area (Å²) in [4.78, 5) is 3.73. The average molecular weight is 332 g/mol. The Balaban J connectivity index is 2.47. The highest BCUT2D eigenvalue weighted by Crippen LogP contribution is 2.34. The number of nitrogens with one attached hydrogen (secondary N) is 1. The summed E-state index contributed by atoms with van der Waals surface area (Å²) in [5.41, 5.74) is 6.33. The van der Waals surface area contributed by atoms with Crippen LogP contribution in [0.15, 0.2) is 35.4 Å². The third kappa shape index (κ3) is 2.98. The van der Waals surface area contributed by atoms with Crippen molar-refractivity contribution in [2.24, 2.45) is 0 Å². The molecule has 0 unspecified atom stereocenters. The molecule has 2 aromatic rings. The van der Waals surface area contributed by atoms with Crippen LogP contribution in [0.3, 0.4) is 0 Å². The summed E-state index contributed by atoms with van der Waals surface area (Å²) < 4.78 is 26.9. The number of halogens is 2. The van der Waals surface area contributed by atoms with Crippen LogP contribution in [0.1, 0.15) is 5.56 Å². The highest BCUT2D eigenvalue weighted by atomic mass is 35.5. The highest BCUT2D eigenvalue weighted by Gasteiger charge is 2.19. The first kappa shape index (κ1) is 14.9. The molecule has 0 bridgehead atoms. The Labute approximate surface area is 126 Å². The zero-order chi connectivity index (χ0) is 14.9. The molecule has 0 saturated carbocycles. The van der Waals surface area contributed by atoms with Crippen molar-refractivity contribution in [3.8, 4) is 0 Å². The van der Waals surface area contributed by atoms with Crippen LogP contribution in [0, 0.1) is 6.92 Å². The molecule has 0 aliphatic rings. The molecular weight excluding hydrogens is 321 g/mol. The quantitative estimate of drug-likeness (QED) is 0.904. The third-order valence-electron chi connectivity index (χ3n) is 2.58. The van der Waals surface area contributed by atoms with Gasteiger partial charge in [0.05, 0.1) is 20.6 Å². The molecular formula is C12H11Cl2N3O2S. The molecule has 3 N–H and O–H groups in total. The van der Waals surface area contributed by atoms with E-state index in [1.807, 2.05) is 0 Å². The van der Waals surface area contributed by atoms with Gasteiger partial charge in [-0.05, 0) is 24.6 Å². The summed E-state index contributed by atoms with van der Waals surface area (Å²) in [5, 5.41) is 0.467.